The van der Waals surface area contributed by atoms with Gasteiger partial charge in [0.25, 0.3) is 0 Å². The van der Waals surface area contributed by atoms with Crippen LogP contribution in [0.4, 0.5) is 5.69 Å². The zero-order valence-electron chi connectivity index (χ0n) is 11.9. The molecule has 0 amide bonds. The normalized spacial score (nSPS) is 11.7. The molecule has 0 saturated heterocycles. The summed E-state index contributed by atoms with van der Waals surface area (Å²) in [6.07, 6.45) is 3.32. The number of nitrogen functional groups attached to an aromatic ring is 1. The van der Waals surface area contributed by atoms with Gasteiger partial charge in [0.2, 0.25) is 10.0 Å². The fourth-order valence-electron chi connectivity index (χ4n) is 2.01. The van der Waals surface area contributed by atoms with E-state index in [1.165, 1.54) is 4.31 Å². The molecular weight excluding hydrogens is 286 g/mol. The van der Waals surface area contributed by atoms with Crippen LogP contribution in [0.25, 0.3) is 0 Å². The Morgan fingerprint density at radius 3 is 2.24 bits per heavy atom. The number of nitrogens with zero attached hydrogens (tertiary/aromatic N) is 2. The van der Waals surface area contributed by atoms with Crippen LogP contribution in [-0.4, -0.2) is 24.3 Å². The topological polar surface area (TPSA) is 76.3 Å². The molecule has 0 aliphatic heterocycles. The molecule has 0 aliphatic rings. The number of anilines is 1. The minimum Gasteiger partial charge on any atom is -0.399 e. The molecule has 2 aromatic rings. The molecule has 6 heteroatoms. The maximum absolute atomic E-state index is 12.5. The summed E-state index contributed by atoms with van der Waals surface area (Å²) in [5.74, 6) is -0.0216. The van der Waals surface area contributed by atoms with Crippen molar-refractivity contribution in [3.63, 3.8) is 0 Å². The fraction of sp³-hybridized carbons (Fsp3) is 0.267. The van der Waals surface area contributed by atoms with E-state index in [0.29, 0.717) is 18.8 Å². The van der Waals surface area contributed by atoms with E-state index in [4.69, 9.17) is 5.73 Å². The molecule has 0 radical (unpaired) electrons. The van der Waals surface area contributed by atoms with Gasteiger partial charge >= 0.3 is 0 Å². The van der Waals surface area contributed by atoms with Crippen LogP contribution in [-0.2, 0) is 22.3 Å². The third kappa shape index (κ3) is 4.27. The van der Waals surface area contributed by atoms with Gasteiger partial charge in [-0.3, -0.25) is 4.98 Å². The quantitative estimate of drug-likeness (QED) is 0.828. The highest BCUT2D eigenvalue weighted by Crippen LogP contribution is 2.15. The number of hydrogen-bond donors (Lipinski definition) is 1. The third-order valence-corrected chi connectivity index (χ3v) is 5.06. The minimum absolute atomic E-state index is 0.0216. The zero-order valence-corrected chi connectivity index (χ0v) is 12.8. The highest BCUT2D eigenvalue weighted by molar-refractivity contribution is 7.88. The molecule has 0 saturated carbocycles. The van der Waals surface area contributed by atoms with Crippen molar-refractivity contribution in [2.24, 2.45) is 0 Å². The van der Waals surface area contributed by atoms with Crippen LogP contribution in [0.1, 0.15) is 18.1 Å². The molecule has 2 N–H and O–H groups in total. The van der Waals surface area contributed by atoms with E-state index in [1.807, 2.05) is 19.1 Å². The van der Waals surface area contributed by atoms with Crippen molar-refractivity contribution in [1.29, 1.82) is 0 Å². The second-order valence-corrected chi connectivity index (χ2v) is 6.75. The van der Waals surface area contributed by atoms with Gasteiger partial charge in [0.1, 0.15) is 0 Å². The van der Waals surface area contributed by atoms with Crippen molar-refractivity contribution in [2.75, 3.05) is 12.3 Å². The Balaban J connectivity index is 2.14. The smallest absolute Gasteiger partial charge is 0.218 e. The predicted octanol–water partition coefficient (Wildman–Crippen LogP) is 2.02. The predicted molar refractivity (Wildman–Crippen MR) is 83.8 cm³/mol. The van der Waals surface area contributed by atoms with Crippen LogP contribution in [0.15, 0.2) is 48.8 Å². The first-order valence-corrected chi connectivity index (χ1v) is 8.33. The summed E-state index contributed by atoms with van der Waals surface area (Å²) in [6, 6.07) is 10.6. The first-order valence-electron chi connectivity index (χ1n) is 6.72. The highest BCUT2D eigenvalue weighted by atomic mass is 32.2. The molecule has 5 nitrogen and oxygen atoms in total. The summed E-state index contributed by atoms with van der Waals surface area (Å²) in [5, 5.41) is 0. The van der Waals surface area contributed by atoms with Gasteiger partial charge in [-0.25, -0.2) is 8.42 Å². The Morgan fingerprint density at radius 2 is 1.67 bits per heavy atom. The first-order chi connectivity index (χ1) is 10.0. The van der Waals surface area contributed by atoms with Crippen molar-refractivity contribution in [2.45, 2.75) is 19.2 Å². The molecule has 0 unspecified atom stereocenters. The van der Waals surface area contributed by atoms with Crippen LogP contribution in [0, 0.1) is 0 Å². The summed E-state index contributed by atoms with van der Waals surface area (Å²) in [4.78, 5) is 3.94. The molecule has 0 aliphatic carbocycles. The second kappa shape index (κ2) is 6.69. The molecule has 112 valence electrons. The maximum Gasteiger partial charge on any atom is 0.218 e. The Kier molecular flexibility index (Phi) is 4.93. The van der Waals surface area contributed by atoms with Gasteiger partial charge < -0.3 is 5.73 Å². The number of aromatic nitrogens is 1. The SMILES string of the molecule is CCN(Cc1ccncc1)S(=O)(=O)Cc1ccc(N)cc1. The van der Waals surface area contributed by atoms with E-state index < -0.39 is 10.0 Å². The molecule has 0 fully saturated rings. The standard InChI is InChI=1S/C15H19N3O2S/c1-2-18(11-13-7-9-17-10-8-13)21(19,20)12-14-3-5-15(16)6-4-14/h3-10H,2,11-12,16H2,1H3. The lowest BCUT2D eigenvalue weighted by atomic mass is 10.2. The molecule has 0 spiro atoms. The number of pyridine rings is 1. The van der Waals surface area contributed by atoms with Crippen LogP contribution in [0.5, 0.6) is 0 Å². The van der Waals surface area contributed by atoms with Crippen LogP contribution >= 0.6 is 0 Å². The number of sulfonamides is 1. The largest absolute Gasteiger partial charge is 0.399 e. The van der Waals surface area contributed by atoms with Gasteiger partial charge in [-0.05, 0) is 35.4 Å². The highest BCUT2D eigenvalue weighted by Gasteiger charge is 2.21. The minimum atomic E-state index is -3.36. The lowest BCUT2D eigenvalue weighted by molar-refractivity contribution is 0.422. The number of hydrogen-bond acceptors (Lipinski definition) is 4. The third-order valence-electron chi connectivity index (χ3n) is 3.18. The Hall–Kier alpha value is -1.92. The molecule has 0 bridgehead atoms. The molecule has 0 atom stereocenters. The molecule has 2 rings (SSSR count). The van der Waals surface area contributed by atoms with E-state index in [9.17, 15) is 8.42 Å². The van der Waals surface area contributed by atoms with Gasteiger partial charge in [0, 0.05) is 31.2 Å². The maximum atomic E-state index is 12.5. The second-order valence-electron chi connectivity index (χ2n) is 4.78. The van der Waals surface area contributed by atoms with Crippen molar-refractivity contribution < 1.29 is 8.42 Å². The van der Waals surface area contributed by atoms with E-state index in [1.54, 1.807) is 36.7 Å². The van der Waals surface area contributed by atoms with Crippen molar-refractivity contribution in [1.82, 2.24) is 9.29 Å². The van der Waals surface area contributed by atoms with Crippen molar-refractivity contribution in [3.8, 4) is 0 Å². The van der Waals surface area contributed by atoms with Gasteiger partial charge in [-0.15, -0.1) is 0 Å². The van der Waals surface area contributed by atoms with Gasteiger partial charge in [0.05, 0.1) is 5.75 Å². The lowest BCUT2D eigenvalue weighted by Gasteiger charge is -2.20. The summed E-state index contributed by atoms with van der Waals surface area (Å²) < 4.78 is 26.5. The lowest BCUT2D eigenvalue weighted by Crippen LogP contribution is -2.31. The number of benzene rings is 1. The average Bonchev–Trinajstić information content (AvgIpc) is 2.48. The first kappa shape index (κ1) is 15.5. The van der Waals surface area contributed by atoms with Gasteiger partial charge in [0.15, 0.2) is 0 Å². The fourth-order valence-corrected chi connectivity index (χ4v) is 3.55. The van der Waals surface area contributed by atoms with Crippen molar-refractivity contribution >= 4 is 15.7 Å². The van der Waals surface area contributed by atoms with E-state index >= 15 is 0 Å². The van der Waals surface area contributed by atoms with Crippen molar-refractivity contribution in [3.05, 3.63) is 59.9 Å². The Labute approximate surface area is 125 Å². The summed E-state index contributed by atoms with van der Waals surface area (Å²) in [7, 11) is -3.36. The molecule has 21 heavy (non-hydrogen) atoms. The Bertz CT molecular complexity index is 670. The van der Waals surface area contributed by atoms with E-state index in [-0.39, 0.29) is 5.75 Å². The number of nitrogens with two attached hydrogens (primary N) is 1. The van der Waals surface area contributed by atoms with Crippen LogP contribution in [0.3, 0.4) is 0 Å². The summed E-state index contributed by atoms with van der Waals surface area (Å²) >= 11 is 0. The molecule has 1 heterocycles. The monoisotopic (exact) mass is 305 g/mol. The van der Waals surface area contributed by atoms with Crippen LogP contribution in [0.2, 0.25) is 0 Å². The van der Waals surface area contributed by atoms with Gasteiger partial charge in [-0.2, -0.15) is 4.31 Å². The van der Waals surface area contributed by atoms with E-state index in [2.05, 4.69) is 4.98 Å². The van der Waals surface area contributed by atoms with E-state index in [0.717, 1.165) is 11.1 Å². The summed E-state index contributed by atoms with van der Waals surface area (Å²) in [5.41, 5.74) is 7.90. The molecule has 1 aromatic heterocycles. The molecular formula is C15H19N3O2S. The van der Waals surface area contributed by atoms with Crippen LogP contribution < -0.4 is 5.73 Å². The number of rotatable bonds is 6. The molecule has 1 aromatic carbocycles. The summed E-state index contributed by atoms with van der Waals surface area (Å²) in [6.45, 7) is 2.62. The average molecular weight is 305 g/mol. The zero-order chi connectivity index (χ0) is 15.3. The Morgan fingerprint density at radius 1 is 1.05 bits per heavy atom. The van der Waals surface area contributed by atoms with Gasteiger partial charge in [-0.1, -0.05) is 19.1 Å².